The van der Waals surface area contributed by atoms with Crippen LogP contribution in [0.15, 0.2) is 42.5 Å². The molecule has 0 aliphatic carbocycles. The standard InChI is InChI=1S/C16H15F3N2O3/c17-16(18,19)11-2-4-12(5-3-11)21-15(24)20-8-7-10-1-6-13(22)14(23)9-10/h1-6,9,22-23H,7-8H2,(H2,20,21,24). The molecule has 8 heteroatoms. The van der Waals surface area contributed by atoms with E-state index in [0.717, 1.165) is 12.1 Å². The van der Waals surface area contributed by atoms with Crippen LogP contribution < -0.4 is 10.6 Å². The van der Waals surface area contributed by atoms with Gasteiger partial charge in [0.2, 0.25) is 0 Å². The van der Waals surface area contributed by atoms with Gasteiger partial charge in [-0.3, -0.25) is 0 Å². The number of urea groups is 1. The van der Waals surface area contributed by atoms with Crippen molar-refractivity contribution in [3.05, 3.63) is 53.6 Å². The molecule has 0 unspecified atom stereocenters. The molecule has 2 aromatic carbocycles. The molecule has 0 fully saturated rings. The normalized spacial score (nSPS) is 11.1. The number of phenols is 2. The Morgan fingerprint density at radius 3 is 2.25 bits per heavy atom. The summed E-state index contributed by atoms with van der Waals surface area (Å²) in [6, 6.07) is 7.87. The molecule has 0 aromatic heterocycles. The number of alkyl halides is 3. The highest BCUT2D eigenvalue weighted by Crippen LogP contribution is 2.29. The first-order valence-corrected chi connectivity index (χ1v) is 6.98. The number of aromatic hydroxyl groups is 2. The number of nitrogens with one attached hydrogen (secondary N) is 2. The predicted octanol–water partition coefficient (Wildman–Crippen LogP) is 3.48. The minimum atomic E-state index is -4.42. The van der Waals surface area contributed by atoms with Crippen LogP contribution in [-0.2, 0) is 12.6 Å². The van der Waals surface area contributed by atoms with E-state index >= 15 is 0 Å². The number of hydrogen-bond donors (Lipinski definition) is 4. The second-order valence-electron chi connectivity index (χ2n) is 5.03. The fraction of sp³-hybridized carbons (Fsp3) is 0.188. The molecular weight excluding hydrogens is 325 g/mol. The van der Waals surface area contributed by atoms with Crippen LogP contribution in [0, 0.1) is 0 Å². The van der Waals surface area contributed by atoms with Crippen molar-refractivity contribution in [2.24, 2.45) is 0 Å². The highest BCUT2D eigenvalue weighted by atomic mass is 19.4. The lowest BCUT2D eigenvalue weighted by Crippen LogP contribution is -2.30. The van der Waals surface area contributed by atoms with Crippen molar-refractivity contribution < 1.29 is 28.2 Å². The Balaban J connectivity index is 1.81. The third-order valence-corrected chi connectivity index (χ3v) is 3.21. The Morgan fingerprint density at radius 1 is 1.00 bits per heavy atom. The molecule has 24 heavy (non-hydrogen) atoms. The molecule has 128 valence electrons. The Morgan fingerprint density at radius 2 is 1.67 bits per heavy atom. The molecular formula is C16H15F3N2O3. The van der Waals surface area contributed by atoms with Crippen molar-refractivity contribution in [2.75, 3.05) is 11.9 Å². The van der Waals surface area contributed by atoms with E-state index in [0.29, 0.717) is 12.0 Å². The van der Waals surface area contributed by atoms with E-state index in [-0.39, 0.29) is 23.7 Å². The number of benzene rings is 2. The predicted molar refractivity (Wildman–Crippen MR) is 81.9 cm³/mol. The van der Waals surface area contributed by atoms with E-state index in [4.69, 9.17) is 0 Å². The van der Waals surface area contributed by atoms with Crippen LogP contribution in [0.4, 0.5) is 23.7 Å². The van der Waals surface area contributed by atoms with Gasteiger partial charge in [-0.05, 0) is 48.4 Å². The minimum absolute atomic E-state index is 0.230. The molecule has 2 amide bonds. The van der Waals surface area contributed by atoms with Crippen LogP contribution in [0.25, 0.3) is 0 Å². The molecule has 0 saturated carbocycles. The summed E-state index contributed by atoms with van der Waals surface area (Å²) in [5, 5.41) is 23.5. The molecule has 0 aliphatic rings. The van der Waals surface area contributed by atoms with Gasteiger partial charge < -0.3 is 20.8 Å². The topological polar surface area (TPSA) is 81.6 Å². The fourth-order valence-corrected chi connectivity index (χ4v) is 1.96. The van der Waals surface area contributed by atoms with Gasteiger partial charge in [0.25, 0.3) is 0 Å². The van der Waals surface area contributed by atoms with Gasteiger partial charge in [0.1, 0.15) is 0 Å². The lowest BCUT2D eigenvalue weighted by molar-refractivity contribution is -0.137. The minimum Gasteiger partial charge on any atom is -0.504 e. The molecule has 2 aromatic rings. The average Bonchev–Trinajstić information content (AvgIpc) is 2.50. The Hall–Kier alpha value is -2.90. The van der Waals surface area contributed by atoms with E-state index < -0.39 is 17.8 Å². The summed E-state index contributed by atoms with van der Waals surface area (Å²) in [4.78, 5) is 11.7. The quantitative estimate of drug-likeness (QED) is 0.643. The summed E-state index contributed by atoms with van der Waals surface area (Å²) in [5.74, 6) is -0.478. The van der Waals surface area contributed by atoms with Crippen molar-refractivity contribution in [1.82, 2.24) is 5.32 Å². The molecule has 4 N–H and O–H groups in total. The molecule has 2 rings (SSSR count). The average molecular weight is 340 g/mol. The highest BCUT2D eigenvalue weighted by Gasteiger charge is 2.29. The fourth-order valence-electron chi connectivity index (χ4n) is 1.96. The molecule has 0 saturated heterocycles. The zero-order valence-corrected chi connectivity index (χ0v) is 12.4. The number of amides is 2. The third kappa shape index (κ3) is 4.80. The first-order chi connectivity index (χ1) is 11.3. The molecule has 5 nitrogen and oxygen atoms in total. The maximum Gasteiger partial charge on any atom is 0.416 e. The Labute approximate surface area is 135 Å². The molecule has 0 heterocycles. The number of halogens is 3. The lowest BCUT2D eigenvalue weighted by atomic mass is 10.1. The van der Waals surface area contributed by atoms with Crippen LogP contribution in [-0.4, -0.2) is 22.8 Å². The summed E-state index contributed by atoms with van der Waals surface area (Å²) in [6.45, 7) is 0.247. The van der Waals surface area contributed by atoms with Crippen molar-refractivity contribution in [3.63, 3.8) is 0 Å². The van der Waals surface area contributed by atoms with Gasteiger partial charge in [0, 0.05) is 12.2 Å². The first kappa shape index (κ1) is 17.5. The summed E-state index contributed by atoms with van der Waals surface area (Å²) in [5.41, 5.74) is 0.156. The van der Waals surface area contributed by atoms with Crippen LogP contribution in [0.5, 0.6) is 11.5 Å². The third-order valence-electron chi connectivity index (χ3n) is 3.21. The van der Waals surface area contributed by atoms with E-state index in [2.05, 4.69) is 10.6 Å². The number of rotatable bonds is 4. The summed E-state index contributed by atoms with van der Waals surface area (Å²) in [7, 11) is 0. The van der Waals surface area contributed by atoms with Crippen LogP contribution >= 0.6 is 0 Å². The van der Waals surface area contributed by atoms with Crippen molar-refractivity contribution in [1.29, 1.82) is 0 Å². The van der Waals surface area contributed by atoms with Gasteiger partial charge >= 0.3 is 12.2 Å². The number of carbonyl (C=O) groups excluding carboxylic acids is 1. The van der Waals surface area contributed by atoms with Crippen LogP contribution in [0.3, 0.4) is 0 Å². The van der Waals surface area contributed by atoms with Crippen molar-refractivity contribution in [2.45, 2.75) is 12.6 Å². The van der Waals surface area contributed by atoms with E-state index in [1.165, 1.54) is 24.3 Å². The second kappa shape index (κ2) is 7.12. The molecule has 0 bridgehead atoms. The van der Waals surface area contributed by atoms with Gasteiger partial charge in [-0.25, -0.2) is 4.79 Å². The highest BCUT2D eigenvalue weighted by molar-refractivity contribution is 5.89. The zero-order valence-electron chi connectivity index (χ0n) is 12.4. The van der Waals surface area contributed by atoms with Gasteiger partial charge in [-0.2, -0.15) is 13.2 Å². The van der Waals surface area contributed by atoms with Crippen molar-refractivity contribution in [3.8, 4) is 11.5 Å². The molecule has 0 spiro atoms. The molecule has 0 radical (unpaired) electrons. The molecule has 0 atom stereocenters. The second-order valence-corrected chi connectivity index (χ2v) is 5.03. The summed E-state index contributed by atoms with van der Waals surface area (Å²) >= 11 is 0. The maximum atomic E-state index is 12.4. The van der Waals surface area contributed by atoms with Gasteiger partial charge in [0.15, 0.2) is 11.5 Å². The van der Waals surface area contributed by atoms with Gasteiger partial charge in [-0.1, -0.05) is 6.07 Å². The number of phenolic OH excluding ortho intramolecular Hbond substituents is 2. The zero-order chi connectivity index (χ0) is 17.7. The SMILES string of the molecule is O=C(NCCc1ccc(O)c(O)c1)Nc1ccc(C(F)(F)F)cc1. The van der Waals surface area contributed by atoms with E-state index in [1.54, 1.807) is 6.07 Å². The monoisotopic (exact) mass is 340 g/mol. The van der Waals surface area contributed by atoms with Gasteiger partial charge in [0.05, 0.1) is 5.56 Å². The smallest absolute Gasteiger partial charge is 0.416 e. The molecule has 0 aliphatic heterocycles. The van der Waals surface area contributed by atoms with E-state index in [1.807, 2.05) is 0 Å². The maximum absolute atomic E-state index is 12.4. The van der Waals surface area contributed by atoms with Gasteiger partial charge in [-0.15, -0.1) is 0 Å². The number of carbonyl (C=O) groups is 1. The first-order valence-electron chi connectivity index (χ1n) is 6.98. The summed E-state index contributed by atoms with van der Waals surface area (Å²) in [6.07, 6.45) is -4.01. The Bertz CT molecular complexity index is 715. The van der Waals surface area contributed by atoms with Crippen LogP contribution in [0.2, 0.25) is 0 Å². The number of anilines is 1. The largest absolute Gasteiger partial charge is 0.504 e. The number of hydrogen-bond acceptors (Lipinski definition) is 3. The van der Waals surface area contributed by atoms with Crippen LogP contribution in [0.1, 0.15) is 11.1 Å². The lowest BCUT2D eigenvalue weighted by Gasteiger charge is -2.10. The summed E-state index contributed by atoms with van der Waals surface area (Å²) < 4.78 is 37.3. The van der Waals surface area contributed by atoms with E-state index in [9.17, 15) is 28.2 Å². The van der Waals surface area contributed by atoms with Crippen molar-refractivity contribution >= 4 is 11.7 Å². The Kier molecular flexibility index (Phi) is 5.18.